The number of alkyl halides is 5. The summed E-state index contributed by atoms with van der Waals surface area (Å²) < 4.78 is 68.7. The van der Waals surface area contributed by atoms with Gasteiger partial charge in [-0.2, -0.15) is 22.0 Å². The maximum Gasteiger partial charge on any atom is 0.418 e. The van der Waals surface area contributed by atoms with Gasteiger partial charge in [0.1, 0.15) is 6.10 Å². The van der Waals surface area contributed by atoms with Gasteiger partial charge in [0.15, 0.2) is 0 Å². The lowest BCUT2D eigenvalue weighted by Crippen LogP contribution is -2.22. The molecule has 116 valence electrons. The normalized spacial score (nSPS) is 21.2. The Hall–Kier alpha value is -1.57. The van der Waals surface area contributed by atoms with Crippen LogP contribution in [0.1, 0.15) is 12.0 Å². The molecule has 2 rings (SSSR count). The van der Waals surface area contributed by atoms with E-state index in [9.17, 15) is 26.7 Å². The predicted molar refractivity (Wildman–Crippen MR) is 64.4 cm³/mol. The summed E-state index contributed by atoms with van der Waals surface area (Å²) >= 11 is 5.69. The summed E-state index contributed by atoms with van der Waals surface area (Å²) in [6.45, 7) is -0.395. The van der Waals surface area contributed by atoms with E-state index in [1.165, 1.54) is 6.07 Å². The molecule has 1 unspecified atom stereocenters. The molecule has 0 radical (unpaired) electrons. The molecule has 1 N–H and O–H groups in total. The van der Waals surface area contributed by atoms with E-state index in [1.807, 2.05) is 0 Å². The average Bonchev–Trinajstić information content (AvgIpc) is 2.60. The maximum atomic E-state index is 13.0. The van der Waals surface area contributed by atoms with Crippen LogP contribution in [0.25, 0.3) is 0 Å². The molecule has 1 aliphatic heterocycles. The van der Waals surface area contributed by atoms with Crippen LogP contribution in [0.15, 0.2) is 18.2 Å². The van der Waals surface area contributed by atoms with E-state index < -0.39 is 48.4 Å². The summed E-state index contributed by atoms with van der Waals surface area (Å²) in [6, 6.07) is 3.16. The molecule has 1 atom stereocenters. The molecule has 9 heteroatoms. The largest absolute Gasteiger partial charge is 0.456 e. The first-order valence-corrected chi connectivity index (χ1v) is 6.17. The van der Waals surface area contributed by atoms with Gasteiger partial charge in [-0.3, -0.25) is 0 Å². The van der Waals surface area contributed by atoms with Crippen LogP contribution >= 0.6 is 11.6 Å². The highest BCUT2D eigenvalue weighted by Crippen LogP contribution is 2.39. The van der Waals surface area contributed by atoms with Gasteiger partial charge in [-0.05, 0) is 12.1 Å². The molecule has 0 amide bonds. The minimum absolute atomic E-state index is 0.207. The van der Waals surface area contributed by atoms with Crippen molar-refractivity contribution in [3.05, 3.63) is 28.8 Å². The molecule has 0 aromatic heterocycles. The molecule has 0 aliphatic carbocycles. The van der Waals surface area contributed by atoms with Crippen LogP contribution in [0.4, 0.5) is 27.6 Å². The average molecular weight is 330 g/mol. The second kappa shape index (κ2) is 5.32. The zero-order valence-corrected chi connectivity index (χ0v) is 11.1. The van der Waals surface area contributed by atoms with Crippen molar-refractivity contribution in [2.24, 2.45) is 0 Å². The smallest absolute Gasteiger partial charge is 0.418 e. The van der Waals surface area contributed by atoms with E-state index >= 15 is 0 Å². The highest BCUT2D eigenvalue weighted by Gasteiger charge is 2.50. The summed E-state index contributed by atoms with van der Waals surface area (Å²) in [7, 11) is 0. The Morgan fingerprint density at radius 2 is 2.05 bits per heavy atom. The van der Waals surface area contributed by atoms with E-state index in [2.05, 4.69) is 10.1 Å². The molecule has 1 saturated heterocycles. The number of carbonyl (C=O) groups is 1. The van der Waals surface area contributed by atoms with Crippen LogP contribution in [0, 0.1) is 0 Å². The van der Waals surface area contributed by atoms with E-state index in [0.29, 0.717) is 0 Å². The van der Waals surface area contributed by atoms with Crippen LogP contribution in [0.2, 0.25) is 5.02 Å². The van der Waals surface area contributed by atoms with E-state index in [4.69, 9.17) is 11.6 Å². The number of nitrogens with one attached hydrogen (secondary N) is 1. The molecule has 1 aliphatic rings. The number of ether oxygens (including phenoxy) is 1. The zero-order valence-electron chi connectivity index (χ0n) is 10.3. The molecule has 0 saturated carbocycles. The Morgan fingerprint density at radius 3 is 2.57 bits per heavy atom. The molecule has 1 fully saturated rings. The lowest BCUT2D eigenvalue weighted by atomic mass is 10.1. The van der Waals surface area contributed by atoms with Gasteiger partial charge in [-0.1, -0.05) is 17.7 Å². The minimum Gasteiger partial charge on any atom is -0.456 e. The number of hydrogen-bond donors (Lipinski definition) is 1. The lowest BCUT2D eigenvalue weighted by Gasteiger charge is -2.17. The first kappa shape index (κ1) is 15.8. The van der Waals surface area contributed by atoms with Gasteiger partial charge >= 0.3 is 18.1 Å². The van der Waals surface area contributed by atoms with Crippen molar-refractivity contribution >= 4 is 23.3 Å². The van der Waals surface area contributed by atoms with Crippen LogP contribution in [0.3, 0.4) is 0 Å². The number of para-hydroxylation sites is 1. The second-order valence-electron chi connectivity index (χ2n) is 4.48. The monoisotopic (exact) mass is 329 g/mol. The number of esters is 1. The van der Waals surface area contributed by atoms with Crippen molar-refractivity contribution in [2.45, 2.75) is 24.6 Å². The fourth-order valence-corrected chi connectivity index (χ4v) is 2.16. The van der Waals surface area contributed by atoms with Crippen LogP contribution in [-0.4, -0.2) is 24.5 Å². The molecule has 1 aromatic carbocycles. The molecule has 0 spiro atoms. The summed E-state index contributed by atoms with van der Waals surface area (Å²) in [4.78, 5) is 10.8. The van der Waals surface area contributed by atoms with Gasteiger partial charge in [0.05, 0.1) is 29.2 Å². The third-order valence-corrected chi connectivity index (χ3v) is 3.20. The first-order valence-electron chi connectivity index (χ1n) is 5.80. The van der Waals surface area contributed by atoms with Crippen LogP contribution in [0.5, 0.6) is 0 Å². The third-order valence-electron chi connectivity index (χ3n) is 2.88. The highest BCUT2D eigenvalue weighted by atomic mass is 35.5. The number of carbonyl (C=O) groups excluding carboxylic acids is 1. The summed E-state index contributed by atoms with van der Waals surface area (Å²) in [5.41, 5.74) is -1.45. The SMILES string of the molecule is O=C1OC(CNc2c(Cl)cccc2C(F)(F)F)CC1(F)F. The number of halogens is 6. The number of hydrogen-bond acceptors (Lipinski definition) is 3. The summed E-state index contributed by atoms with van der Waals surface area (Å²) in [6.07, 6.45) is -6.75. The predicted octanol–water partition coefficient (Wildman–Crippen LogP) is 3.72. The zero-order chi connectivity index (χ0) is 15.8. The Morgan fingerprint density at radius 1 is 1.38 bits per heavy atom. The molecular weight excluding hydrogens is 321 g/mol. The van der Waals surface area contributed by atoms with Crippen molar-refractivity contribution in [1.82, 2.24) is 0 Å². The van der Waals surface area contributed by atoms with E-state index in [-0.39, 0.29) is 5.02 Å². The number of cyclic esters (lactones) is 1. The molecule has 21 heavy (non-hydrogen) atoms. The van der Waals surface area contributed by atoms with Crippen molar-refractivity contribution in [3.8, 4) is 0 Å². The Labute approximate surface area is 121 Å². The highest BCUT2D eigenvalue weighted by molar-refractivity contribution is 6.33. The quantitative estimate of drug-likeness (QED) is 0.678. The van der Waals surface area contributed by atoms with E-state index in [0.717, 1.165) is 12.1 Å². The number of benzene rings is 1. The molecule has 0 bridgehead atoms. The van der Waals surface area contributed by atoms with Crippen molar-refractivity contribution in [2.75, 3.05) is 11.9 Å². The lowest BCUT2D eigenvalue weighted by molar-refractivity contribution is -0.158. The molecule has 3 nitrogen and oxygen atoms in total. The van der Waals surface area contributed by atoms with Gasteiger partial charge in [-0.25, -0.2) is 4.79 Å². The number of rotatable bonds is 3. The fourth-order valence-electron chi connectivity index (χ4n) is 1.92. The second-order valence-corrected chi connectivity index (χ2v) is 4.88. The fraction of sp³-hybridized carbons (Fsp3) is 0.417. The minimum atomic E-state index is -4.65. The topological polar surface area (TPSA) is 38.3 Å². The Kier molecular flexibility index (Phi) is 4.01. The van der Waals surface area contributed by atoms with Gasteiger partial charge in [0.25, 0.3) is 0 Å². The summed E-state index contributed by atoms with van der Waals surface area (Å²) in [5.74, 6) is -5.29. The van der Waals surface area contributed by atoms with E-state index in [1.54, 1.807) is 0 Å². The van der Waals surface area contributed by atoms with Gasteiger partial charge in [0, 0.05) is 0 Å². The van der Waals surface area contributed by atoms with Crippen molar-refractivity contribution in [1.29, 1.82) is 0 Å². The van der Waals surface area contributed by atoms with Gasteiger partial charge in [-0.15, -0.1) is 0 Å². The van der Waals surface area contributed by atoms with Crippen LogP contribution < -0.4 is 5.32 Å². The van der Waals surface area contributed by atoms with Crippen molar-refractivity contribution in [3.63, 3.8) is 0 Å². The standard InChI is InChI=1S/C12H9ClF5NO2/c13-8-3-1-2-7(12(16,17)18)9(8)19-5-6-4-11(14,15)10(20)21-6/h1-3,6,19H,4-5H2. The first-order chi connectivity index (χ1) is 9.61. The molecule has 1 heterocycles. The number of anilines is 1. The van der Waals surface area contributed by atoms with Gasteiger partial charge in [0.2, 0.25) is 0 Å². The Balaban J connectivity index is 2.13. The maximum absolute atomic E-state index is 13.0. The van der Waals surface area contributed by atoms with Crippen molar-refractivity contribution < 1.29 is 31.5 Å². The van der Waals surface area contributed by atoms with Gasteiger partial charge < -0.3 is 10.1 Å². The molecule has 1 aromatic rings. The summed E-state index contributed by atoms with van der Waals surface area (Å²) in [5, 5.41) is 2.12. The molecular formula is C12H9ClF5NO2. The third kappa shape index (κ3) is 3.37. The van der Waals surface area contributed by atoms with Crippen LogP contribution in [-0.2, 0) is 15.7 Å². The Bertz CT molecular complexity index is 561.